The lowest BCUT2D eigenvalue weighted by Gasteiger charge is -2.40. The number of nitrogens with zero attached hydrogens (tertiary/aromatic N) is 5. The summed E-state index contributed by atoms with van der Waals surface area (Å²) in [5.41, 5.74) is 1.07. The van der Waals surface area contributed by atoms with Gasteiger partial charge in [-0.25, -0.2) is 19.6 Å². The number of aromatic amines is 1. The first kappa shape index (κ1) is 46.7. The number of aromatic nitrogens is 3. The van der Waals surface area contributed by atoms with Crippen molar-refractivity contribution in [2.75, 3.05) is 43.5 Å². The van der Waals surface area contributed by atoms with Crippen molar-refractivity contribution in [3.63, 3.8) is 0 Å². The van der Waals surface area contributed by atoms with Crippen LogP contribution in [-0.2, 0) is 14.3 Å². The van der Waals surface area contributed by atoms with Crippen molar-refractivity contribution >= 4 is 68.9 Å². The molecule has 0 bridgehead atoms. The number of methoxy groups -OCH3 is 1. The van der Waals surface area contributed by atoms with Crippen LogP contribution in [0.25, 0.3) is 32.9 Å². The predicted molar refractivity (Wildman–Crippen MR) is 240 cm³/mol. The SMILES string of the molecule is COC(=O)N[C@H](C(=O)N1C[C@@H](C)C[C@H]1c1nc2c(ccc3cc(-c4cc(Cl)c(NC(=O)c5ccc(N6CCN(C(=O)OC(C)(C)C)C[C@H]6C)nc5)cc4OC(F)(F)F)ccc32)[nH]1)C(C)C. The molecule has 2 aliphatic heterocycles. The number of alkyl carbamates (subject to hydrolysis) is 1. The number of halogens is 4. The molecule has 0 spiro atoms. The summed E-state index contributed by atoms with van der Waals surface area (Å²) in [6.07, 6.45) is -4.18. The number of imidazole rings is 1. The minimum Gasteiger partial charge on any atom is -0.453 e. The monoisotopic (exact) mass is 920 g/mol. The van der Waals surface area contributed by atoms with Crippen molar-refractivity contribution in [2.24, 2.45) is 11.8 Å². The van der Waals surface area contributed by atoms with Gasteiger partial charge in [-0.2, -0.15) is 0 Å². The normalized spacial score (nSPS) is 18.5. The highest BCUT2D eigenvalue weighted by Gasteiger charge is 2.40. The molecule has 19 heteroatoms. The molecule has 0 radical (unpaired) electrons. The van der Waals surface area contributed by atoms with Gasteiger partial charge in [0, 0.05) is 55.4 Å². The van der Waals surface area contributed by atoms with Crippen LogP contribution < -0.4 is 20.3 Å². The molecule has 15 nitrogen and oxygen atoms in total. The molecule has 7 rings (SSSR count). The van der Waals surface area contributed by atoms with E-state index in [0.29, 0.717) is 71.6 Å². The standard InChI is InChI=1S/C46H52ClF3N8O7/c1-24(2)38(55-43(61)63-8)42(60)58-22-25(3)17-35(58)40-52-33-13-10-27-18-28(9-12-30(27)39(33)54-40)31-19-32(47)34(20-36(31)64-46(48,49)50)53-41(59)29-11-14-37(51-21-29)57-16-15-56(23-26(57)4)44(62)65-45(5,6)7/h9-14,18-21,24-26,35,38H,15-17,22-23H2,1-8H3,(H,52,54)(H,53,59)(H,55,61)/t25-,26+,35-,38-/m0/s1. The summed E-state index contributed by atoms with van der Waals surface area (Å²) in [5, 5.41) is 6.58. The Morgan fingerprint density at radius 1 is 0.969 bits per heavy atom. The fourth-order valence-corrected chi connectivity index (χ4v) is 8.54. The maximum absolute atomic E-state index is 13.9. The largest absolute Gasteiger partial charge is 0.573 e. The van der Waals surface area contributed by atoms with E-state index in [1.165, 1.54) is 19.4 Å². The van der Waals surface area contributed by atoms with Gasteiger partial charge in [0.1, 0.15) is 29.0 Å². The van der Waals surface area contributed by atoms with Gasteiger partial charge in [-0.15, -0.1) is 13.2 Å². The number of anilines is 2. The Hall–Kier alpha value is -6.30. The van der Waals surface area contributed by atoms with Gasteiger partial charge in [-0.05, 0) is 87.2 Å². The van der Waals surface area contributed by atoms with Crippen LogP contribution in [0.15, 0.2) is 60.8 Å². The molecule has 3 N–H and O–H groups in total. The van der Waals surface area contributed by atoms with Crippen molar-refractivity contribution in [3.05, 3.63) is 77.2 Å². The van der Waals surface area contributed by atoms with Crippen LogP contribution in [0.4, 0.5) is 34.3 Å². The summed E-state index contributed by atoms with van der Waals surface area (Å²) in [5.74, 6) is -0.407. The molecule has 65 heavy (non-hydrogen) atoms. The number of hydrogen-bond donors (Lipinski definition) is 3. The Bertz CT molecular complexity index is 2620. The van der Waals surface area contributed by atoms with Gasteiger partial charge in [-0.3, -0.25) is 9.59 Å². The van der Waals surface area contributed by atoms with E-state index < -0.39 is 47.9 Å². The smallest absolute Gasteiger partial charge is 0.453 e. The number of benzene rings is 3. The third-order valence-corrected chi connectivity index (χ3v) is 11.7. The molecule has 4 amide bonds. The zero-order valence-electron chi connectivity index (χ0n) is 37.3. The Morgan fingerprint density at radius 2 is 1.72 bits per heavy atom. The summed E-state index contributed by atoms with van der Waals surface area (Å²) < 4.78 is 56.5. The average Bonchev–Trinajstić information content (AvgIpc) is 3.86. The molecule has 0 saturated carbocycles. The van der Waals surface area contributed by atoms with Gasteiger partial charge in [0.2, 0.25) is 5.91 Å². The number of carbonyl (C=O) groups excluding carboxylic acids is 4. The van der Waals surface area contributed by atoms with Gasteiger partial charge in [0.25, 0.3) is 5.91 Å². The summed E-state index contributed by atoms with van der Waals surface area (Å²) in [6, 6.07) is 12.9. The highest BCUT2D eigenvalue weighted by atomic mass is 35.5. The second-order valence-electron chi connectivity index (χ2n) is 17.9. The number of piperazine rings is 1. The van der Waals surface area contributed by atoms with Crippen LogP contribution >= 0.6 is 11.6 Å². The Labute approximate surface area is 378 Å². The molecular formula is C46H52ClF3N8O7. The fraction of sp³-hybridized carbons (Fsp3) is 0.435. The third-order valence-electron chi connectivity index (χ3n) is 11.4. The zero-order valence-corrected chi connectivity index (χ0v) is 38.1. The molecule has 4 heterocycles. The summed E-state index contributed by atoms with van der Waals surface area (Å²) >= 11 is 6.66. The molecule has 2 aromatic heterocycles. The van der Waals surface area contributed by atoms with Crippen LogP contribution in [0.1, 0.15) is 77.1 Å². The lowest BCUT2D eigenvalue weighted by molar-refractivity contribution is -0.274. The minimum atomic E-state index is -5.08. The maximum atomic E-state index is 13.9. The van der Waals surface area contributed by atoms with E-state index in [9.17, 15) is 32.3 Å². The van der Waals surface area contributed by atoms with Gasteiger partial charge in [0.15, 0.2) is 0 Å². The second kappa shape index (κ2) is 18.3. The number of amides is 4. The fourth-order valence-electron chi connectivity index (χ4n) is 8.33. The Morgan fingerprint density at radius 3 is 2.37 bits per heavy atom. The van der Waals surface area contributed by atoms with Gasteiger partial charge < -0.3 is 44.5 Å². The zero-order chi connectivity index (χ0) is 47.1. The molecule has 346 valence electrons. The molecule has 3 aromatic carbocycles. The lowest BCUT2D eigenvalue weighted by atomic mass is 9.99. The number of rotatable bonds is 9. The number of carbonyl (C=O) groups is 4. The summed E-state index contributed by atoms with van der Waals surface area (Å²) in [7, 11) is 1.24. The van der Waals surface area contributed by atoms with Crippen molar-refractivity contribution in [1.82, 2.24) is 30.1 Å². The van der Waals surface area contributed by atoms with E-state index in [1.54, 1.807) is 40.1 Å². The Balaban J connectivity index is 1.11. The van der Waals surface area contributed by atoms with Crippen molar-refractivity contribution in [3.8, 4) is 16.9 Å². The molecule has 2 aliphatic rings. The highest BCUT2D eigenvalue weighted by molar-refractivity contribution is 6.34. The maximum Gasteiger partial charge on any atom is 0.573 e. The van der Waals surface area contributed by atoms with Gasteiger partial charge in [-0.1, -0.05) is 50.6 Å². The molecule has 0 unspecified atom stereocenters. The van der Waals surface area contributed by atoms with Crippen molar-refractivity contribution in [2.45, 2.75) is 85.0 Å². The van der Waals surface area contributed by atoms with E-state index in [2.05, 4.69) is 25.3 Å². The molecular weight excluding hydrogens is 869 g/mol. The first-order valence-corrected chi connectivity index (χ1v) is 21.7. The van der Waals surface area contributed by atoms with E-state index >= 15 is 0 Å². The quantitative estimate of drug-likeness (QED) is 0.129. The van der Waals surface area contributed by atoms with Crippen molar-refractivity contribution in [1.29, 1.82) is 0 Å². The van der Waals surface area contributed by atoms with Crippen LogP contribution in [0.5, 0.6) is 5.75 Å². The van der Waals surface area contributed by atoms with Crippen LogP contribution in [0.2, 0.25) is 5.02 Å². The third kappa shape index (κ3) is 10.5. The lowest BCUT2D eigenvalue weighted by Crippen LogP contribution is -2.54. The topological polar surface area (TPSA) is 171 Å². The molecule has 2 saturated heterocycles. The summed E-state index contributed by atoms with van der Waals surface area (Å²) in [6.45, 7) is 14.9. The molecule has 2 fully saturated rings. The number of alkyl halides is 3. The number of pyridine rings is 1. The molecule has 0 aliphatic carbocycles. The van der Waals surface area contributed by atoms with E-state index in [-0.39, 0.29) is 45.6 Å². The highest BCUT2D eigenvalue weighted by Crippen LogP contribution is 2.42. The number of nitrogens with one attached hydrogen (secondary N) is 3. The minimum absolute atomic E-state index is 0.0244. The van der Waals surface area contributed by atoms with Crippen LogP contribution in [0.3, 0.4) is 0 Å². The first-order valence-electron chi connectivity index (χ1n) is 21.3. The summed E-state index contributed by atoms with van der Waals surface area (Å²) in [4.78, 5) is 70.2. The van der Waals surface area contributed by atoms with Crippen LogP contribution in [-0.4, -0.2) is 106 Å². The predicted octanol–water partition coefficient (Wildman–Crippen LogP) is 9.32. The molecule has 5 aromatic rings. The number of hydrogen-bond acceptors (Lipinski definition) is 10. The number of ether oxygens (including phenoxy) is 3. The van der Waals surface area contributed by atoms with Crippen LogP contribution in [0, 0.1) is 11.8 Å². The Kier molecular flexibility index (Phi) is 13.1. The van der Waals surface area contributed by atoms with Gasteiger partial charge in [0.05, 0.1) is 40.5 Å². The average molecular weight is 921 g/mol. The van der Waals surface area contributed by atoms with Gasteiger partial charge >= 0.3 is 18.5 Å². The number of likely N-dealkylation sites (tertiary alicyclic amines) is 1. The molecule has 4 atom stereocenters. The van der Waals surface area contributed by atoms with E-state index in [1.807, 2.05) is 65.5 Å². The van der Waals surface area contributed by atoms with E-state index in [4.69, 9.17) is 26.1 Å². The number of H-pyrrole nitrogens is 1. The second-order valence-corrected chi connectivity index (χ2v) is 18.3. The van der Waals surface area contributed by atoms with Crippen molar-refractivity contribution < 1.29 is 46.6 Å². The number of fused-ring (bicyclic) bond motifs is 3. The van der Waals surface area contributed by atoms with E-state index in [0.717, 1.165) is 6.07 Å². The first-order chi connectivity index (χ1) is 30.6.